The van der Waals surface area contributed by atoms with Crippen molar-refractivity contribution in [3.63, 3.8) is 0 Å². The van der Waals surface area contributed by atoms with Gasteiger partial charge in [-0.25, -0.2) is 4.79 Å². The summed E-state index contributed by atoms with van der Waals surface area (Å²) in [7, 11) is 3.13. The molecule has 1 aromatic rings. The highest BCUT2D eigenvalue weighted by molar-refractivity contribution is 5.69. The fourth-order valence-corrected chi connectivity index (χ4v) is 2.94. The molecule has 1 aliphatic rings. The third-order valence-electron chi connectivity index (χ3n) is 3.98. The zero-order valence-corrected chi connectivity index (χ0v) is 15.0. The normalized spacial score (nSPS) is 21.3. The summed E-state index contributed by atoms with van der Waals surface area (Å²) < 4.78 is 16.1. The van der Waals surface area contributed by atoms with E-state index in [-0.39, 0.29) is 0 Å². The number of piperidine rings is 1. The summed E-state index contributed by atoms with van der Waals surface area (Å²) in [5.41, 5.74) is 0.215. The zero-order valence-electron chi connectivity index (χ0n) is 15.0. The molecule has 1 saturated heterocycles. The average Bonchev–Trinajstić information content (AvgIpc) is 2.52. The number of ether oxygens (including phenoxy) is 3. The Morgan fingerprint density at radius 1 is 1.21 bits per heavy atom. The average molecular weight is 337 g/mol. The van der Waals surface area contributed by atoms with Crippen LogP contribution < -0.4 is 9.47 Å². The summed E-state index contributed by atoms with van der Waals surface area (Å²) in [4.78, 5) is 14.2. The van der Waals surface area contributed by atoms with Gasteiger partial charge in [-0.1, -0.05) is 6.07 Å². The van der Waals surface area contributed by atoms with Crippen molar-refractivity contribution >= 4 is 6.09 Å². The van der Waals surface area contributed by atoms with E-state index in [1.54, 1.807) is 31.3 Å². The maximum atomic E-state index is 12.6. The molecule has 1 fully saturated rings. The molecule has 134 valence electrons. The molecular weight excluding hydrogens is 310 g/mol. The van der Waals surface area contributed by atoms with E-state index in [1.807, 2.05) is 26.8 Å². The molecule has 1 amide bonds. The number of amides is 1. The number of aliphatic hydroxyl groups is 1. The highest BCUT2D eigenvalue weighted by Gasteiger charge is 2.37. The van der Waals surface area contributed by atoms with Gasteiger partial charge in [-0.2, -0.15) is 0 Å². The van der Waals surface area contributed by atoms with Gasteiger partial charge in [0.05, 0.1) is 26.4 Å². The van der Waals surface area contributed by atoms with Crippen molar-refractivity contribution in [2.24, 2.45) is 0 Å². The minimum Gasteiger partial charge on any atom is -0.493 e. The molecule has 0 unspecified atom stereocenters. The number of benzene rings is 1. The maximum Gasteiger partial charge on any atom is 0.410 e. The summed E-state index contributed by atoms with van der Waals surface area (Å²) in [6, 6.07) is 4.96. The lowest BCUT2D eigenvalue weighted by atomic mass is 9.92. The van der Waals surface area contributed by atoms with Crippen molar-refractivity contribution < 1.29 is 24.1 Å². The first-order chi connectivity index (χ1) is 11.3. The minimum absolute atomic E-state index is 0.416. The molecule has 6 nitrogen and oxygen atoms in total. The van der Waals surface area contributed by atoms with E-state index in [9.17, 15) is 9.90 Å². The lowest BCUT2D eigenvalue weighted by Gasteiger charge is -2.40. The van der Waals surface area contributed by atoms with Crippen molar-refractivity contribution in [1.29, 1.82) is 0 Å². The first-order valence-electron chi connectivity index (χ1n) is 8.16. The van der Waals surface area contributed by atoms with Gasteiger partial charge in [-0.05, 0) is 51.3 Å². The lowest BCUT2D eigenvalue weighted by Crippen LogP contribution is -2.47. The molecule has 0 saturated carbocycles. The van der Waals surface area contributed by atoms with Gasteiger partial charge in [0.25, 0.3) is 0 Å². The highest BCUT2D eigenvalue weighted by atomic mass is 16.6. The Kier molecular flexibility index (Phi) is 5.59. The molecule has 0 radical (unpaired) electrons. The number of rotatable bonds is 3. The topological polar surface area (TPSA) is 68.2 Å². The fraction of sp³-hybridized carbons (Fsp3) is 0.611. The second-order valence-electron chi connectivity index (χ2n) is 6.94. The van der Waals surface area contributed by atoms with Crippen LogP contribution in [0.1, 0.15) is 45.2 Å². The van der Waals surface area contributed by atoms with Gasteiger partial charge in [-0.15, -0.1) is 0 Å². The zero-order chi connectivity index (χ0) is 17.9. The van der Waals surface area contributed by atoms with E-state index in [0.29, 0.717) is 24.5 Å². The Hall–Kier alpha value is -1.95. The van der Waals surface area contributed by atoms with Gasteiger partial charge < -0.3 is 19.3 Å². The Morgan fingerprint density at radius 3 is 2.46 bits per heavy atom. The summed E-state index contributed by atoms with van der Waals surface area (Å²) in [6.07, 6.45) is 0.313. The molecule has 0 spiro atoms. The third kappa shape index (κ3) is 4.12. The largest absolute Gasteiger partial charge is 0.493 e. The van der Waals surface area contributed by atoms with Crippen molar-refractivity contribution in [3.8, 4) is 11.5 Å². The molecule has 24 heavy (non-hydrogen) atoms. The van der Waals surface area contributed by atoms with Gasteiger partial charge in [0.2, 0.25) is 0 Å². The van der Waals surface area contributed by atoms with Gasteiger partial charge in [0.1, 0.15) is 5.60 Å². The molecule has 0 bridgehead atoms. The molecule has 2 rings (SSSR count). The monoisotopic (exact) mass is 337 g/mol. The van der Waals surface area contributed by atoms with Crippen LogP contribution in [-0.4, -0.2) is 48.6 Å². The van der Waals surface area contributed by atoms with Crippen LogP contribution in [0.2, 0.25) is 0 Å². The van der Waals surface area contributed by atoms with Crippen LogP contribution in [0.5, 0.6) is 11.5 Å². The van der Waals surface area contributed by atoms with Gasteiger partial charge >= 0.3 is 6.09 Å². The molecule has 1 aliphatic heterocycles. The van der Waals surface area contributed by atoms with E-state index in [4.69, 9.17) is 14.2 Å². The van der Waals surface area contributed by atoms with E-state index >= 15 is 0 Å². The van der Waals surface area contributed by atoms with E-state index < -0.39 is 23.8 Å². The Morgan fingerprint density at radius 2 is 1.88 bits per heavy atom. The summed E-state index contributed by atoms with van der Waals surface area (Å²) in [5, 5.41) is 10.5. The SMILES string of the molecule is COc1ccc([C@H]2[C@@H](O)CCCN2C(=O)OC(C)(C)C)cc1OC. The molecule has 6 heteroatoms. The van der Waals surface area contributed by atoms with Crippen LogP contribution in [0.15, 0.2) is 18.2 Å². The number of nitrogens with zero attached hydrogens (tertiary/aromatic N) is 1. The van der Waals surface area contributed by atoms with Gasteiger partial charge in [-0.3, -0.25) is 4.90 Å². The summed E-state index contributed by atoms with van der Waals surface area (Å²) in [5.74, 6) is 1.17. The smallest absolute Gasteiger partial charge is 0.410 e. The van der Waals surface area contributed by atoms with Crippen LogP contribution in [-0.2, 0) is 4.74 Å². The third-order valence-corrected chi connectivity index (χ3v) is 3.98. The number of likely N-dealkylation sites (tertiary alicyclic amines) is 1. The van der Waals surface area contributed by atoms with Crippen molar-refractivity contribution in [1.82, 2.24) is 4.90 Å². The number of aliphatic hydroxyl groups excluding tert-OH is 1. The van der Waals surface area contributed by atoms with E-state index in [1.165, 1.54) is 0 Å². The maximum absolute atomic E-state index is 12.6. The molecule has 0 aromatic heterocycles. The highest BCUT2D eigenvalue weighted by Crippen LogP contribution is 2.37. The molecule has 1 heterocycles. The number of hydrogen-bond acceptors (Lipinski definition) is 5. The molecule has 0 aliphatic carbocycles. The fourth-order valence-electron chi connectivity index (χ4n) is 2.94. The van der Waals surface area contributed by atoms with E-state index in [2.05, 4.69) is 0 Å². The molecule has 1 aromatic carbocycles. The lowest BCUT2D eigenvalue weighted by molar-refractivity contribution is -0.0239. The standard InChI is InChI=1S/C18H27NO5/c1-18(2,3)24-17(21)19-10-6-7-13(20)16(19)12-8-9-14(22-4)15(11-12)23-5/h8-9,11,13,16,20H,6-7,10H2,1-5H3/t13-,16-/m0/s1. The quantitative estimate of drug-likeness (QED) is 0.918. The minimum atomic E-state index is -0.649. The molecule has 1 N–H and O–H groups in total. The van der Waals surface area contributed by atoms with Crippen molar-refractivity contribution in [2.45, 2.75) is 51.4 Å². The molecular formula is C18H27NO5. The number of carbonyl (C=O) groups excluding carboxylic acids is 1. The van der Waals surface area contributed by atoms with Crippen molar-refractivity contribution in [3.05, 3.63) is 23.8 Å². The van der Waals surface area contributed by atoms with Gasteiger partial charge in [0, 0.05) is 6.54 Å². The second kappa shape index (κ2) is 7.30. The second-order valence-corrected chi connectivity index (χ2v) is 6.94. The van der Waals surface area contributed by atoms with Crippen LogP contribution in [0.25, 0.3) is 0 Å². The number of carbonyl (C=O) groups is 1. The Balaban J connectivity index is 2.34. The van der Waals surface area contributed by atoms with Crippen LogP contribution in [0, 0.1) is 0 Å². The van der Waals surface area contributed by atoms with Crippen LogP contribution in [0.4, 0.5) is 4.79 Å². The predicted octanol–water partition coefficient (Wildman–Crippen LogP) is 3.14. The Labute approximate surface area is 143 Å². The first kappa shape index (κ1) is 18.4. The summed E-state index contributed by atoms with van der Waals surface area (Å²) in [6.45, 7) is 6.04. The first-order valence-corrected chi connectivity index (χ1v) is 8.16. The van der Waals surface area contributed by atoms with Crippen molar-refractivity contribution in [2.75, 3.05) is 20.8 Å². The van der Waals surface area contributed by atoms with Gasteiger partial charge in [0.15, 0.2) is 11.5 Å². The van der Waals surface area contributed by atoms with Crippen LogP contribution in [0.3, 0.4) is 0 Å². The summed E-state index contributed by atoms with van der Waals surface area (Å²) >= 11 is 0. The van der Waals surface area contributed by atoms with E-state index in [0.717, 1.165) is 12.0 Å². The number of hydrogen-bond donors (Lipinski definition) is 1. The van der Waals surface area contributed by atoms with Crippen LogP contribution >= 0.6 is 0 Å². The number of methoxy groups -OCH3 is 2. The molecule has 2 atom stereocenters. The predicted molar refractivity (Wildman–Crippen MR) is 90.5 cm³/mol. The Bertz CT molecular complexity index is 581.